The van der Waals surface area contributed by atoms with Gasteiger partial charge in [-0.2, -0.15) is 0 Å². The third-order valence-electron chi connectivity index (χ3n) is 0. The molecule has 0 aromatic rings. The van der Waals surface area contributed by atoms with Crippen LogP contribution in [-0.2, 0) is 42.1 Å². The average Bonchev–Trinajstić information content (AvgIpc) is 1.00. The first-order valence-corrected chi connectivity index (χ1v) is 0.183. The van der Waals surface area contributed by atoms with Crippen LogP contribution >= 0.6 is 0 Å². The topological polar surface area (TPSA) is 39.4 Å². The third-order valence-corrected chi connectivity index (χ3v) is 0. The molecule has 0 bridgehead atoms. The molecule has 0 N–H and O–H groups in total. The molecule has 0 saturated heterocycles. The minimum atomic E-state index is 0. The molecule has 4 heavy (non-hydrogen) atoms. The van der Waals surface area contributed by atoms with Crippen LogP contribution in [0.3, 0.4) is 0 Å². The summed E-state index contributed by atoms with van der Waals surface area (Å²) < 4.78 is 0. The minimum Gasteiger partial charge on any atom is -0.577 e. The van der Waals surface area contributed by atoms with Crippen molar-refractivity contribution in [1.82, 2.24) is 0 Å². The van der Waals surface area contributed by atoms with Crippen LogP contribution in [0.1, 0.15) is 0 Å². The quantitative estimate of drug-likeness (QED) is 0.557. The number of hydrogen-bond donors (Lipinski definition) is 0. The van der Waals surface area contributed by atoms with Gasteiger partial charge in [-0.15, -0.1) is 0 Å². The molecule has 32 valence electrons. The molecule has 0 aliphatic heterocycles. The van der Waals surface area contributed by atoms with Gasteiger partial charge in [-0.3, -0.25) is 0 Å². The molecular formula is NOPt2-. The number of rotatable bonds is 0. The minimum absolute atomic E-state index is 0. The van der Waals surface area contributed by atoms with Crippen molar-refractivity contribution in [1.29, 1.82) is 0 Å². The molecule has 0 aliphatic rings. The van der Waals surface area contributed by atoms with E-state index in [9.17, 15) is 0 Å². The maximum Gasteiger partial charge on any atom is 0 e. The Kier molecular flexibility index (Phi) is 186. The summed E-state index contributed by atoms with van der Waals surface area (Å²) in [6.07, 6.45) is 0. The van der Waals surface area contributed by atoms with Crippen LogP contribution in [0.5, 0.6) is 0 Å². The first kappa shape index (κ1) is 20.1. The normalized spacial score (nSPS) is 1.00. The summed E-state index contributed by atoms with van der Waals surface area (Å²) in [6, 6.07) is 0. The molecule has 0 aromatic carbocycles. The van der Waals surface area contributed by atoms with Crippen molar-refractivity contribution >= 4 is 0 Å². The van der Waals surface area contributed by atoms with Crippen LogP contribution in [0.15, 0.2) is 0 Å². The zero-order chi connectivity index (χ0) is 2.00. The molecule has 0 unspecified atom stereocenters. The van der Waals surface area contributed by atoms with Gasteiger partial charge in [0.25, 0.3) is 0 Å². The maximum absolute atomic E-state index is 7.25. The van der Waals surface area contributed by atoms with Gasteiger partial charge in [-0.25, -0.2) is 0 Å². The van der Waals surface area contributed by atoms with Crippen molar-refractivity contribution in [2.45, 2.75) is 0 Å². The second-order valence-corrected chi connectivity index (χ2v) is 0. The van der Waals surface area contributed by atoms with Gasteiger partial charge in [0.2, 0.25) is 0 Å². The largest absolute Gasteiger partial charge is 0.577 e. The maximum atomic E-state index is 7.25. The molecule has 4 heteroatoms. The summed E-state index contributed by atoms with van der Waals surface area (Å²) in [5.41, 5.74) is 5.75. The van der Waals surface area contributed by atoms with Crippen LogP contribution < -0.4 is 0 Å². The fraction of sp³-hybridized carbons (Fsp3) is 0. The van der Waals surface area contributed by atoms with Crippen molar-refractivity contribution in [2.75, 3.05) is 0 Å². The molecule has 0 atom stereocenters. The molecule has 0 aliphatic carbocycles. The first-order chi connectivity index (χ1) is 1.00. The first-order valence-electron chi connectivity index (χ1n) is 0.183. The Bertz CT molecular complexity index is 6.00. The molecule has 0 spiro atoms. The second-order valence-electron chi connectivity index (χ2n) is 0. The summed E-state index contributed by atoms with van der Waals surface area (Å²) in [4.78, 5) is 7.25. The Hall–Kier alpha value is 0.977. The van der Waals surface area contributed by atoms with Crippen LogP contribution in [0.25, 0.3) is 5.59 Å². The predicted molar refractivity (Wildman–Crippen MR) is 6.73 cm³/mol. The van der Waals surface area contributed by atoms with Gasteiger partial charge in [-0.1, -0.05) is 0 Å². The zero-order valence-electron chi connectivity index (χ0n) is 1.49. The molecular weight excluding hydrogens is 420 g/mol. The average molecular weight is 420 g/mol. The van der Waals surface area contributed by atoms with Gasteiger partial charge in [0.1, 0.15) is 0 Å². The van der Waals surface area contributed by atoms with Crippen molar-refractivity contribution in [3.63, 3.8) is 0 Å². The Morgan fingerprint density at radius 1 is 1.00 bits per heavy atom. The molecule has 0 fully saturated rings. The second kappa shape index (κ2) is 36.9. The van der Waals surface area contributed by atoms with Crippen molar-refractivity contribution in [3.8, 4) is 0 Å². The summed E-state index contributed by atoms with van der Waals surface area (Å²) in [5, 5.41) is 0. The standard InChI is InChI=1S/NO.2Pt/c1-2;;/q-1;;. The van der Waals surface area contributed by atoms with E-state index >= 15 is 0 Å². The summed E-state index contributed by atoms with van der Waals surface area (Å²) in [6.45, 7) is 0. The van der Waals surface area contributed by atoms with E-state index in [2.05, 4.69) is 0 Å². The monoisotopic (exact) mass is 420 g/mol. The van der Waals surface area contributed by atoms with Gasteiger partial charge in [0, 0.05) is 42.1 Å². The Balaban J connectivity index is -0.00000000500. The van der Waals surface area contributed by atoms with E-state index in [0.29, 0.717) is 0 Å². The smallest absolute Gasteiger partial charge is 0 e. The van der Waals surface area contributed by atoms with Crippen LogP contribution in [0, 0.1) is 4.91 Å². The molecule has 0 heterocycles. The van der Waals surface area contributed by atoms with E-state index in [4.69, 9.17) is 10.5 Å². The summed E-state index contributed by atoms with van der Waals surface area (Å²) in [7, 11) is 0. The van der Waals surface area contributed by atoms with E-state index in [1.807, 2.05) is 0 Å². The summed E-state index contributed by atoms with van der Waals surface area (Å²) in [5.74, 6) is 0. The Morgan fingerprint density at radius 3 is 1.00 bits per heavy atom. The number of nitroso groups, excluding NO2 is 1. The van der Waals surface area contributed by atoms with Crippen molar-refractivity contribution in [2.24, 2.45) is 0 Å². The van der Waals surface area contributed by atoms with Crippen LogP contribution in [0.2, 0.25) is 0 Å². The van der Waals surface area contributed by atoms with Gasteiger partial charge < -0.3 is 10.5 Å². The molecule has 0 rings (SSSR count). The predicted octanol–water partition coefficient (Wildman–Crippen LogP) is 0.317. The number of hydrogen-bond acceptors (Lipinski definition) is 1. The van der Waals surface area contributed by atoms with Crippen molar-refractivity contribution in [3.05, 3.63) is 10.5 Å². The SMILES string of the molecule is [N-]=O.[Pt].[Pt]. The fourth-order valence-corrected chi connectivity index (χ4v) is 0. The van der Waals surface area contributed by atoms with E-state index in [1.54, 1.807) is 0 Å². The van der Waals surface area contributed by atoms with E-state index in [-0.39, 0.29) is 42.1 Å². The van der Waals surface area contributed by atoms with E-state index in [1.165, 1.54) is 0 Å². The van der Waals surface area contributed by atoms with E-state index < -0.39 is 0 Å². The van der Waals surface area contributed by atoms with Gasteiger partial charge in [0.15, 0.2) is 0 Å². The molecule has 0 amide bonds. The zero-order valence-corrected chi connectivity index (χ0v) is 6.03. The number of nitrogens with zero attached hydrogens (tertiary/aromatic N) is 1. The molecule has 2 nitrogen and oxygen atoms in total. The molecule has 0 radical (unpaired) electrons. The van der Waals surface area contributed by atoms with Gasteiger partial charge in [-0.05, 0) is 0 Å². The van der Waals surface area contributed by atoms with Gasteiger partial charge in [0.05, 0.1) is 0 Å². The molecule has 0 aromatic heterocycles. The van der Waals surface area contributed by atoms with E-state index in [0.717, 1.165) is 0 Å². The van der Waals surface area contributed by atoms with Gasteiger partial charge >= 0.3 is 0 Å². The Labute approximate surface area is 52.6 Å². The van der Waals surface area contributed by atoms with Crippen molar-refractivity contribution < 1.29 is 42.1 Å². The third kappa shape index (κ3) is 12.2. The van der Waals surface area contributed by atoms with Crippen LogP contribution in [0.4, 0.5) is 0 Å². The summed E-state index contributed by atoms with van der Waals surface area (Å²) >= 11 is 0. The fourth-order valence-electron chi connectivity index (χ4n) is 0. The van der Waals surface area contributed by atoms with Crippen LogP contribution in [-0.4, -0.2) is 0 Å². The molecule has 0 saturated carbocycles. The Morgan fingerprint density at radius 2 is 1.00 bits per heavy atom.